The Morgan fingerprint density at radius 1 is 1.09 bits per heavy atom. The molecular weight excluding hydrogens is 418 g/mol. The Kier molecular flexibility index (Phi) is 5.63. The predicted octanol–water partition coefficient (Wildman–Crippen LogP) is 4.10. The second kappa shape index (κ2) is 8.54. The highest BCUT2D eigenvalue weighted by Crippen LogP contribution is 2.23. The van der Waals surface area contributed by atoms with Crippen molar-refractivity contribution in [2.45, 2.75) is 20.4 Å². The second-order valence-electron chi connectivity index (χ2n) is 7.19. The third-order valence-electron chi connectivity index (χ3n) is 4.90. The summed E-state index contributed by atoms with van der Waals surface area (Å²) in [6.45, 7) is 3.08. The molecule has 162 valence electrons. The topological polar surface area (TPSA) is 90.0 Å². The average molecular weight is 436 g/mol. The Labute approximate surface area is 181 Å². The lowest BCUT2D eigenvalue weighted by Crippen LogP contribution is -2.31. The molecule has 0 aliphatic heterocycles. The number of rotatable bonds is 5. The molecule has 0 unspecified atom stereocenters. The second-order valence-corrected chi connectivity index (χ2v) is 7.19. The Morgan fingerprint density at radius 2 is 1.81 bits per heavy atom. The number of hydrogen-bond acceptors (Lipinski definition) is 5. The minimum Gasteiger partial charge on any atom is -0.333 e. The number of nitrogens with zero attached hydrogens (tertiary/aromatic N) is 3. The molecule has 0 saturated carbocycles. The van der Waals surface area contributed by atoms with Crippen molar-refractivity contribution < 1.29 is 18.1 Å². The van der Waals surface area contributed by atoms with E-state index < -0.39 is 23.1 Å². The normalized spacial score (nSPS) is 10.9. The summed E-state index contributed by atoms with van der Waals surface area (Å²) in [5.41, 5.74) is 1.33. The molecule has 9 heteroatoms. The Morgan fingerprint density at radius 3 is 2.53 bits per heavy atom. The first-order valence-corrected chi connectivity index (χ1v) is 9.69. The number of carbonyl (C=O) groups excluding carboxylic acids is 1. The van der Waals surface area contributed by atoms with Gasteiger partial charge in [-0.1, -0.05) is 17.3 Å². The van der Waals surface area contributed by atoms with Gasteiger partial charge in [-0.15, -0.1) is 0 Å². The van der Waals surface area contributed by atoms with Crippen LogP contribution in [-0.2, 0) is 11.3 Å². The molecule has 0 spiro atoms. The van der Waals surface area contributed by atoms with Crippen molar-refractivity contribution in [3.05, 3.63) is 87.8 Å². The monoisotopic (exact) mass is 436 g/mol. The number of anilines is 1. The summed E-state index contributed by atoms with van der Waals surface area (Å²) in [5.74, 6) is -1.36. The van der Waals surface area contributed by atoms with E-state index in [0.29, 0.717) is 16.8 Å². The van der Waals surface area contributed by atoms with E-state index in [9.17, 15) is 18.4 Å². The van der Waals surface area contributed by atoms with Crippen molar-refractivity contribution in [1.82, 2.24) is 14.7 Å². The number of halogens is 2. The predicted molar refractivity (Wildman–Crippen MR) is 114 cm³/mol. The zero-order valence-corrected chi connectivity index (χ0v) is 17.2. The van der Waals surface area contributed by atoms with Crippen molar-refractivity contribution in [2.75, 3.05) is 5.32 Å². The molecule has 0 atom stereocenters. The van der Waals surface area contributed by atoms with E-state index in [1.807, 2.05) is 0 Å². The molecule has 0 saturated heterocycles. The first-order chi connectivity index (χ1) is 15.3. The number of nitrogens with one attached hydrogen (secondary N) is 1. The SMILES string of the molecule is Cc1cc(C)n(CC(=O)Nc2ccccc2F)c(=O)c1-c1nc(-c2ccc(F)cc2)no1. The number of benzene rings is 2. The fraction of sp³-hybridized carbons (Fsp3) is 0.130. The highest BCUT2D eigenvalue weighted by molar-refractivity contribution is 5.90. The summed E-state index contributed by atoms with van der Waals surface area (Å²) in [5, 5.41) is 6.34. The zero-order valence-electron chi connectivity index (χ0n) is 17.2. The molecule has 32 heavy (non-hydrogen) atoms. The van der Waals surface area contributed by atoms with E-state index in [4.69, 9.17) is 4.52 Å². The summed E-state index contributed by atoms with van der Waals surface area (Å²) in [4.78, 5) is 29.9. The van der Waals surface area contributed by atoms with E-state index in [1.54, 1.807) is 26.0 Å². The molecule has 4 aromatic rings. The fourth-order valence-corrected chi connectivity index (χ4v) is 3.32. The minimum atomic E-state index is -0.575. The van der Waals surface area contributed by atoms with Gasteiger partial charge < -0.3 is 14.4 Å². The van der Waals surface area contributed by atoms with Crippen LogP contribution in [-0.4, -0.2) is 20.6 Å². The van der Waals surface area contributed by atoms with Crippen LogP contribution in [0.15, 0.2) is 63.9 Å². The van der Waals surface area contributed by atoms with Gasteiger partial charge in [-0.25, -0.2) is 8.78 Å². The van der Waals surface area contributed by atoms with Gasteiger partial charge in [-0.2, -0.15) is 4.98 Å². The van der Waals surface area contributed by atoms with Crippen LogP contribution in [0.4, 0.5) is 14.5 Å². The van der Waals surface area contributed by atoms with Crippen LogP contribution in [0.2, 0.25) is 0 Å². The average Bonchev–Trinajstić information content (AvgIpc) is 3.23. The maximum absolute atomic E-state index is 13.8. The lowest BCUT2D eigenvalue weighted by atomic mass is 10.1. The number of hydrogen-bond donors (Lipinski definition) is 1. The zero-order chi connectivity index (χ0) is 22.8. The summed E-state index contributed by atoms with van der Waals surface area (Å²) < 4.78 is 33.5. The molecule has 0 fully saturated rings. The molecule has 0 radical (unpaired) electrons. The van der Waals surface area contributed by atoms with Gasteiger partial charge in [0, 0.05) is 11.3 Å². The van der Waals surface area contributed by atoms with E-state index in [0.717, 1.165) is 0 Å². The molecule has 4 rings (SSSR count). The molecule has 0 aliphatic carbocycles. The number of para-hydroxylation sites is 1. The lowest BCUT2D eigenvalue weighted by molar-refractivity contribution is -0.116. The van der Waals surface area contributed by atoms with E-state index in [1.165, 1.54) is 47.0 Å². The number of amides is 1. The van der Waals surface area contributed by atoms with Gasteiger partial charge in [0.1, 0.15) is 23.7 Å². The minimum absolute atomic E-state index is 0.0184. The summed E-state index contributed by atoms with van der Waals surface area (Å²) in [6.07, 6.45) is 0. The Hall–Kier alpha value is -4.14. The van der Waals surface area contributed by atoms with Crippen molar-refractivity contribution in [1.29, 1.82) is 0 Å². The van der Waals surface area contributed by atoms with Crippen molar-refractivity contribution in [3.8, 4) is 22.8 Å². The van der Waals surface area contributed by atoms with Gasteiger partial charge >= 0.3 is 0 Å². The van der Waals surface area contributed by atoms with Crippen LogP contribution in [0.3, 0.4) is 0 Å². The molecular formula is C23H18F2N4O3. The quantitative estimate of drug-likeness (QED) is 0.509. The molecule has 2 aromatic heterocycles. The maximum Gasteiger partial charge on any atom is 0.264 e. The van der Waals surface area contributed by atoms with Crippen molar-refractivity contribution >= 4 is 11.6 Å². The number of pyridine rings is 1. The van der Waals surface area contributed by atoms with Crippen molar-refractivity contribution in [3.63, 3.8) is 0 Å². The highest BCUT2D eigenvalue weighted by Gasteiger charge is 2.20. The van der Waals surface area contributed by atoms with E-state index in [-0.39, 0.29) is 29.5 Å². The smallest absolute Gasteiger partial charge is 0.264 e. The Balaban J connectivity index is 1.66. The van der Waals surface area contributed by atoms with Crippen LogP contribution >= 0.6 is 0 Å². The van der Waals surface area contributed by atoms with Crippen LogP contribution in [0, 0.1) is 25.5 Å². The van der Waals surface area contributed by atoms with Crippen LogP contribution in [0.25, 0.3) is 22.8 Å². The van der Waals surface area contributed by atoms with Crippen LogP contribution < -0.4 is 10.9 Å². The fourth-order valence-electron chi connectivity index (χ4n) is 3.32. The molecule has 0 bridgehead atoms. The molecule has 7 nitrogen and oxygen atoms in total. The van der Waals surface area contributed by atoms with Gasteiger partial charge in [-0.05, 0) is 61.9 Å². The van der Waals surface area contributed by atoms with Crippen molar-refractivity contribution in [2.24, 2.45) is 0 Å². The van der Waals surface area contributed by atoms with Crippen LogP contribution in [0.5, 0.6) is 0 Å². The first-order valence-electron chi connectivity index (χ1n) is 9.69. The van der Waals surface area contributed by atoms with Gasteiger partial charge in [0.2, 0.25) is 11.7 Å². The first kappa shape index (κ1) is 21.1. The van der Waals surface area contributed by atoms with Gasteiger partial charge in [0.05, 0.1) is 5.69 Å². The molecule has 2 heterocycles. The molecule has 1 amide bonds. The maximum atomic E-state index is 13.8. The number of aromatic nitrogens is 3. The number of carbonyl (C=O) groups is 1. The van der Waals surface area contributed by atoms with Gasteiger partial charge in [-0.3, -0.25) is 9.59 Å². The molecule has 1 N–H and O–H groups in total. The molecule has 0 aliphatic rings. The lowest BCUT2D eigenvalue weighted by Gasteiger charge is -2.13. The van der Waals surface area contributed by atoms with Gasteiger partial charge in [0.15, 0.2) is 0 Å². The third kappa shape index (κ3) is 4.18. The van der Waals surface area contributed by atoms with E-state index >= 15 is 0 Å². The van der Waals surface area contributed by atoms with Gasteiger partial charge in [0.25, 0.3) is 11.4 Å². The third-order valence-corrected chi connectivity index (χ3v) is 4.90. The standard InChI is InChI=1S/C23H18F2N4O3/c1-13-11-14(2)29(12-19(30)26-18-6-4-3-5-17(18)25)23(31)20(13)22-27-21(28-32-22)15-7-9-16(24)10-8-15/h3-11H,12H2,1-2H3,(H,26,30). The molecule has 2 aromatic carbocycles. The largest absolute Gasteiger partial charge is 0.333 e. The van der Waals surface area contributed by atoms with E-state index in [2.05, 4.69) is 15.5 Å². The number of aryl methyl sites for hydroxylation is 2. The summed E-state index contributed by atoms with van der Waals surface area (Å²) in [7, 11) is 0. The highest BCUT2D eigenvalue weighted by atomic mass is 19.1. The Bertz CT molecular complexity index is 1360. The summed E-state index contributed by atoms with van der Waals surface area (Å²) in [6, 6.07) is 13.0. The van der Waals surface area contributed by atoms with Crippen LogP contribution in [0.1, 0.15) is 11.3 Å². The summed E-state index contributed by atoms with van der Waals surface area (Å²) >= 11 is 0.